The Hall–Kier alpha value is -3.33. The zero-order chi connectivity index (χ0) is 18.9. The molecule has 26 heavy (non-hydrogen) atoms. The van der Waals surface area contributed by atoms with Crippen LogP contribution in [0.1, 0.15) is 5.56 Å². The van der Waals surface area contributed by atoms with Crippen molar-refractivity contribution in [3.63, 3.8) is 0 Å². The lowest BCUT2D eigenvalue weighted by Gasteiger charge is -2.11. The summed E-state index contributed by atoms with van der Waals surface area (Å²) in [6.45, 7) is 0.245. The molecule has 0 spiro atoms. The van der Waals surface area contributed by atoms with Gasteiger partial charge < -0.3 is 25.0 Å². The lowest BCUT2D eigenvalue weighted by atomic mass is 10.2. The van der Waals surface area contributed by atoms with Crippen molar-refractivity contribution in [2.45, 2.75) is 0 Å². The van der Waals surface area contributed by atoms with Crippen LogP contribution in [0.15, 0.2) is 42.5 Å². The van der Waals surface area contributed by atoms with Gasteiger partial charge in [0.15, 0.2) is 11.5 Å². The third kappa shape index (κ3) is 5.35. The van der Waals surface area contributed by atoms with Crippen LogP contribution in [0.25, 0.3) is 0 Å². The fourth-order valence-electron chi connectivity index (χ4n) is 2.20. The van der Waals surface area contributed by atoms with E-state index in [0.29, 0.717) is 17.2 Å². The van der Waals surface area contributed by atoms with Crippen molar-refractivity contribution < 1.29 is 14.3 Å². The number of nitrogens with one attached hydrogen (secondary N) is 2. The number of methoxy groups -OCH3 is 2. The molecule has 0 bridgehead atoms. The van der Waals surface area contributed by atoms with Crippen LogP contribution in [0.4, 0.5) is 16.2 Å². The maximum atomic E-state index is 11.9. The molecule has 0 radical (unpaired) electrons. The number of amides is 2. The second kappa shape index (κ2) is 9.23. The molecule has 0 aliphatic heterocycles. The van der Waals surface area contributed by atoms with Gasteiger partial charge >= 0.3 is 6.03 Å². The number of ether oxygens (including phenoxy) is 2. The lowest BCUT2D eigenvalue weighted by molar-refractivity contribution is 0.253. The smallest absolute Gasteiger partial charge is 0.319 e. The first-order chi connectivity index (χ1) is 12.5. The Bertz CT molecular complexity index is 805. The number of carbonyl (C=O) groups excluding carboxylic acids is 1. The minimum Gasteiger partial charge on any atom is -0.493 e. The van der Waals surface area contributed by atoms with Gasteiger partial charge in [0, 0.05) is 37.1 Å². The summed E-state index contributed by atoms with van der Waals surface area (Å²) < 4.78 is 10.4. The van der Waals surface area contributed by atoms with Crippen molar-refractivity contribution in [2.75, 3.05) is 45.1 Å². The summed E-state index contributed by atoms with van der Waals surface area (Å²) in [4.78, 5) is 14.0. The molecule has 0 heterocycles. The SMILES string of the molecule is COc1ccc(NC(=O)NCC#Cc2ccc(N(C)C)cc2)cc1OC. The standard InChI is InChI=1S/C20H23N3O3/c1-23(2)17-10-7-15(8-11-17)6-5-13-21-20(24)22-16-9-12-18(25-3)19(14-16)26-4/h7-12,14H,13H2,1-4H3,(H2,21,22,24). The molecule has 2 aromatic carbocycles. The minimum absolute atomic E-state index is 0.245. The fourth-order valence-corrected chi connectivity index (χ4v) is 2.20. The molecule has 2 aromatic rings. The van der Waals surface area contributed by atoms with Gasteiger partial charge in [-0.25, -0.2) is 4.79 Å². The largest absolute Gasteiger partial charge is 0.493 e. The molecule has 0 atom stereocenters. The van der Waals surface area contributed by atoms with Crippen LogP contribution in [0.5, 0.6) is 11.5 Å². The van der Waals surface area contributed by atoms with Crippen LogP contribution < -0.4 is 25.0 Å². The molecule has 0 fully saturated rings. The second-order valence-corrected chi connectivity index (χ2v) is 5.62. The van der Waals surface area contributed by atoms with E-state index in [1.54, 1.807) is 32.4 Å². The van der Waals surface area contributed by atoms with E-state index >= 15 is 0 Å². The van der Waals surface area contributed by atoms with Crippen LogP contribution in [0, 0.1) is 11.8 Å². The number of benzene rings is 2. The maximum Gasteiger partial charge on any atom is 0.319 e. The van der Waals surface area contributed by atoms with Gasteiger partial charge in [0.25, 0.3) is 0 Å². The van der Waals surface area contributed by atoms with Crippen molar-refractivity contribution in [1.29, 1.82) is 0 Å². The summed E-state index contributed by atoms with van der Waals surface area (Å²) in [6, 6.07) is 12.7. The highest BCUT2D eigenvalue weighted by Crippen LogP contribution is 2.29. The highest BCUT2D eigenvalue weighted by atomic mass is 16.5. The van der Waals surface area contributed by atoms with Crippen molar-refractivity contribution in [2.24, 2.45) is 0 Å². The molecule has 2 amide bonds. The van der Waals surface area contributed by atoms with Crippen LogP contribution in [-0.4, -0.2) is 40.9 Å². The highest BCUT2D eigenvalue weighted by molar-refractivity contribution is 5.89. The number of anilines is 2. The van der Waals surface area contributed by atoms with Crippen molar-refractivity contribution in [3.05, 3.63) is 48.0 Å². The average molecular weight is 353 g/mol. The summed E-state index contributed by atoms with van der Waals surface area (Å²) in [5, 5.41) is 5.42. The Kier molecular flexibility index (Phi) is 6.75. The van der Waals surface area contributed by atoms with Gasteiger partial charge in [-0.1, -0.05) is 11.8 Å². The molecular weight excluding hydrogens is 330 g/mol. The zero-order valence-electron chi connectivity index (χ0n) is 15.4. The number of hydrogen-bond donors (Lipinski definition) is 2. The Labute approximate surface area is 154 Å². The van der Waals surface area contributed by atoms with Crippen molar-refractivity contribution in [1.82, 2.24) is 5.32 Å². The van der Waals surface area contributed by atoms with E-state index in [1.165, 1.54) is 0 Å². The van der Waals surface area contributed by atoms with Gasteiger partial charge in [-0.2, -0.15) is 0 Å². The summed E-state index contributed by atoms with van der Waals surface area (Å²) >= 11 is 0. The van der Waals surface area contributed by atoms with Crippen LogP contribution in [0.2, 0.25) is 0 Å². The van der Waals surface area contributed by atoms with Gasteiger partial charge in [-0.3, -0.25) is 0 Å². The van der Waals surface area contributed by atoms with E-state index in [2.05, 4.69) is 22.5 Å². The van der Waals surface area contributed by atoms with E-state index in [-0.39, 0.29) is 12.6 Å². The molecule has 0 aromatic heterocycles. The van der Waals surface area contributed by atoms with E-state index in [9.17, 15) is 4.79 Å². The molecule has 0 saturated carbocycles. The molecular formula is C20H23N3O3. The highest BCUT2D eigenvalue weighted by Gasteiger charge is 2.06. The number of urea groups is 1. The van der Waals surface area contributed by atoms with Crippen LogP contribution in [0.3, 0.4) is 0 Å². The van der Waals surface area contributed by atoms with Crippen LogP contribution >= 0.6 is 0 Å². The lowest BCUT2D eigenvalue weighted by Crippen LogP contribution is -2.28. The number of carbonyl (C=O) groups is 1. The maximum absolute atomic E-state index is 11.9. The van der Waals surface area contributed by atoms with Gasteiger partial charge in [-0.15, -0.1) is 0 Å². The first-order valence-corrected chi connectivity index (χ1v) is 8.06. The quantitative estimate of drug-likeness (QED) is 0.812. The van der Waals surface area contributed by atoms with E-state index in [4.69, 9.17) is 9.47 Å². The molecule has 2 N–H and O–H groups in total. The number of rotatable bonds is 5. The summed E-state index contributed by atoms with van der Waals surface area (Å²) in [6.07, 6.45) is 0. The normalized spacial score (nSPS) is 9.54. The Morgan fingerprint density at radius 3 is 2.35 bits per heavy atom. The number of hydrogen-bond acceptors (Lipinski definition) is 4. The first-order valence-electron chi connectivity index (χ1n) is 8.06. The third-order valence-corrected chi connectivity index (χ3v) is 3.60. The Morgan fingerprint density at radius 2 is 1.73 bits per heavy atom. The van der Waals surface area contributed by atoms with E-state index in [1.807, 2.05) is 43.3 Å². The predicted octanol–water partition coefficient (Wildman–Crippen LogP) is 2.94. The molecule has 136 valence electrons. The first kappa shape index (κ1) is 19.0. The van der Waals surface area contributed by atoms with E-state index < -0.39 is 0 Å². The minimum atomic E-state index is -0.338. The van der Waals surface area contributed by atoms with Crippen LogP contribution in [-0.2, 0) is 0 Å². The molecule has 0 aliphatic rings. The second-order valence-electron chi connectivity index (χ2n) is 5.62. The number of nitrogens with zero attached hydrogens (tertiary/aromatic N) is 1. The van der Waals surface area contributed by atoms with Crippen molar-refractivity contribution >= 4 is 17.4 Å². The Balaban J connectivity index is 1.86. The average Bonchev–Trinajstić information content (AvgIpc) is 2.65. The molecule has 6 nitrogen and oxygen atoms in total. The van der Waals surface area contributed by atoms with E-state index in [0.717, 1.165) is 11.3 Å². The molecule has 0 aliphatic carbocycles. The third-order valence-electron chi connectivity index (χ3n) is 3.60. The molecule has 6 heteroatoms. The van der Waals surface area contributed by atoms with Crippen molar-refractivity contribution in [3.8, 4) is 23.3 Å². The summed E-state index contributed by atoms with van der Waals surface area (Å²) in [7, 11) is 7.08. The monoisotopic (exact) mass is 353 g/mol. The van der Waals surface area contributed by atoms with Gasteiger partial charge in [0.05, 0.1) is 20.8 Å². The summed E-state index contributed by atoms with van der Waals surface area (Å²) in [5.41, 5.74) is 2.62. The zero-order valence-corrected chi connectivity index (χ0v) is 15.4. The fraction of sp³-hybridized carbons (Fsp3) is 0.250. The predicted molar refractivity (Wildman–Crippen MR) is 104 cm³/mol. The molecule has 0 saturated heterocycles. The molecule has 2 rings (SSSR count). The Morgan fingerprint density at radius 1 is 1.04 bits per heavy atom. The van der Waals surface area contributed by atoms with Gasteiger partial charge in [0.2, 0.25) is 0 Å². The topological polar surface area (TPSA) is 62.8 Å². The summed E-state index contributed by atoms with van der Waals surface area (Å²) in [5.74, 6) is 7.09. The molecule has 0 unspecified atom stereocenters. The van der Waals surface area contributed by atoms with Gasteiger partial charge in [-0.05, 0) is 36.4 Å². The van der Waals surface area contributed by atoms with Gasteiger partial charge in [0.1, 0.15) is 0 Å².